The maximum Gasteiger partial charge on any atom is 0.242 e. The minimum Gasteiger partial charge on any atom is -0.379 e. The van der Waals surface area contributed by atoms with E-state index in [1.807, 2.05) is 12.1 Å². The van der Waals surface area contributed by atoms with Crippen molar-refractivity contribution in [3.8, 4) is 0 Å². The smallest absolute Gasteiger partial charge is 0.242 e. The number of carbonyl (C=O) groups excluding carboxylic acids is 2. The topological polar surface area (TPSA) is 93.5 Å². The van der Waals surface area contributed by atoms with Gasteiger partial charge in [0.05, 0.1) is 6.61 Å². The maximum atomic E-state index is 12.0. The molecule has 0 bridgehead atoms. The molecule has 6 heteroatoms. The molecule has 2 amide bonds. The zero-order valence-electron chi connectivity index (χ0n) is 11.4. The summed E-state index contributed by atoms with van der Waals surface area (Å²) in [6.45, 7) is 2.65. The molecule has 0 saturated carbocycles. The van der Waals surface area contributed by atoms with E-state index < -0.39 is 5.54 Å². The van der Waals surface area contributed by atoms with Crippen LogP contribution in [0.5, 0.6) is 0 Å². The summed E-state index contributed by atoms with van der Waals surface area (Å²) in [6.07, 6.45) is 0.542. The highest BCUT2D eigenvalue weighted by Crippen LogP contribution is 2.16. The molecule has 1 aliphatic heterocycles. The van der Waals surface area contributed by atoms with Gasteiger partial charge in [-0.15, -0.1) is 0 Å². The molecule has 0 aliphatic carbocycles. The molecule has 108 valence electrons. The number of benzene rings is 1. The van der Waals surface area contributed by atoms with Gasteiger partial charge < -0.3 is 21.1 Å². The lowest BCUT2D eigenvalue weighted by Gasteiger charge is -2.20. The van der Waals surface area contributed by atoms with E-state index in [2.05, 4.69) is 10.6 Å². The van der Waals surface area contributed by atoms with Crippen molar-refractivity contribution in [2.75, 3.05) is 18.5 Å². The third-order valence-corrected chi connectivity index (χ3v) is 3.23. The van der Waals surface area contributed by atoms with E-state index >= 15 is 0 Å². The van der Waals surface area contributed by atoms with Gasteiger partial charge in [-0.1, -0.05) is 12.1 Å². The van der Waals surface area contributed by atoms with Gasteiger partial charge in [0.2, 0.25) is 11.8 Å². The van der Waals surface area contributed by atoms with Crippen LogP contribution in [0.3, 0.4) is 0 Å². The Labute approximate surface area is 117 Å². The van der Waals surface area contributed by atoms with Crippen LogP contribution in [-0.4, -0.2) is 30.6 Å². The SMILES string of the molecule is CC(=O)Nc1ccc(CNC(=O)C2(N)CCOC2)cc1. The Balaban J connectivity index is 1.87. The van der Waals surface area contributed by atoms with E-state index in [4.69, 9.17) is 10.5 Å². The Bertz CT molecular complexity index is 493. The molecule has 0 aromatic heterocycles. The van der Waals surface area contributed by atoms with Gasteiger partial charge in [-0.3, -0.25) is 9.59 Å². The van der Waals surface area contributed by atoms with Gasteiger partial charge in [-0.2, -0.15) is 0 Å². The Morgan fingerprint density at radius 1 is 1.35 bits per heavy atom. The van der Waals surface area contributed by atoms with Crippen LogP contribution >= 0.6 is 0 Å². The molecule has 1 aromatic carbocycles. The Kier molecular flexibility index (Phi) is 4.36. The van der Waals surface area contributed by atoms with Gasteiger partial charge in [0.1, 0.15) is 5.54 Å². The van der Waals surface area contributed by atoms with Crippen LogP contribution in [0.4, 0.5) is 5.69 Å². The average molecular weight is 277 g/mol. The van der Waals surface area contributed by atoms with Crippen LogP contribution in [0.15, 0.2) is 24.3 Å². The number of amides is 2. The second-order valence-corrected chi connectivity index (χ2v) is 5.02. The predicted molar refractivity (Wildman–Crippen MR) is 74.9 cm³/mol. The monoisotopic (exact) mass is 277 g/mol. The first kappa shape index (κ1) is 14.5. The largest absolute Gasteiger partial charge is 0.379 e. The van der Waals surface area contributed by atoms with Crippen molar-refractivity contribution in [2.24, 2.45) is 5.73 Å². The Morgan fingerprint density at radius 2 is 2.05 bits per heavy atom. The van der Waals surface area contributed by atoms with Gasteiger partial charge in [0, 0.05) is 25.8 Å². The molecule has 20 heavy (non-hydrogen) atoms. The second kappa shape index (κ2) is 6.02. The van der Waals surface area contributed by atoms with Gasteiger partial charge in [-0.05, 0) is 24.1 Å². The molecule has 1 saturated heterocycles. The van der Waals surface area contributed by atoms with E-state index in [0.717, 1.165) is 11.3 Å². The van der Waals surface area contributed by atoms with Gasteiger partial charge in [0.15, 0.2) is 0 Å². The molecule has 1 unspecified atom stereocenters. The van der Waals surface area contributed by atoms with E-state index in [1.165, 1.54) is 6.92 Å². The fourth-order valence-electron chi connectivity index (χ4n) is 2.03. The maximum absolute atomic E-state index is 12.0. The van der Waals surface area contributed by atoms with E-state index in [-0.39, 0.29) is 18.4 Å². The number of rotatable bonds is 4. The molecular weight excluding hydrogens is 258 g/mol. The van der Waals surface area contributed by atoms with Crippen molar-refractivity contribution in [2.45, 2.75) is 25.4 Å². The zero-order valence-corrected chi connectivity index (χ0v) is 11.4. The molecule has 6 nitrogen and oxygen atoms in total. The third-order valence-electron chi connectivity index (χ3n) is 3.23. The molecule has 1 aliphatic rings. The first-order valence-electron chi connectivity index (χ1n) is 6.51. The van der Waals surface area contributed by atoms with Crippen LogP contribution in [-0.2, 0) is 20.9 Å². The lowest BCUT2D eigenvalue weighted by Crippen LogP contribution is -2.54. The zero-order chi connectivity index (χ0) is 14.6. The normalized spacial score (nSPS) is 21.5. The summed E-state index contributed by atoms with van der Waals surface area (Å²) in [4.78, 5) is 22.9. The van der Waals surface area contributed by atoms with E-state index in [0.29, 0.717) is 19.6 Å². The van der Waals surface area contributed by atoms with Crippen LogP contribution in [0.25, 0.3) is 0 Å². The molecule has 1 atom stereocenters. The number of anilines is 1. The summed E-state index contributed by atoms with van der Waals surface area (Å²) in [5.41, 5.74) is 6.72. The molecule has 1 aromatic rings. The quantitative estimate of drug-likeness (QED) is 0.741. The molecule has 1 heterocycles. The number of nitrogens with one attached hydrogen (secondary N) is 2. The molecule has 1 fully saturated rings. The third kappa shape index (κ3) is 3.55. The fraction of sp³-hybridized carbons (Fsp3) is 0.429. The minimum absolute atomic E-state index is 0.114. The molecule has 0 radical (unpaired) electrons. The number of hydrogen-bond acceptors (Lipinski definition) is 4. The van der Waals surface area contributed by atoms with Crippen molar-refractivity contribution in [1.29, 1.82) is 0 Å². The highest BCUT2D eigenvalue weighted by atomic mass is 16.5. The summed E-state index contributed by atoms with van der Waals surface area (Å²) in [5.74, 6) is -0.307. The van der Waals surface area contributed by atoms with Crippen LogP contribution in [0.1, 0.15) is 18.9 Å². The van der Waals surface area contributed by atoms with Crippen molar-refractivity contribution < 1.29 is 14.3 Å². The first-order valence-corrected chi connectivity index (χ1v) is 6.51. The first-order chi connectivity index (χ1) is 9.49. The van der Waals surface area contributed by atoms with Crippen LogP contribution in [0.2, 0.25) is 0 Å². The van der Waals surface area contributed by atoms with Crippen molar-refractivity contribution in [3.63, 3.8) is 0 Å². The number of carbonyl (C=O) groups is 2. The minimum atomic E-state index is -0.907. The van der Waals surface area contributed by atoms with Gasteiger partial charge >= 0.3 is 0 Å². The van der Waals surface area contributed by atoms with Gasteiger partial charge in [0.25, 0.3) is 0 Å². The fourth-order valence-corrected chi connectivity index (χ4v) is 2.03. The molecule has 0 spiro atoms. The molecule has 4 N–H and O–H groups in total. The summed E-state index contributed by atoms with van der Waals surface area (Å²) in [6, 6.07) is 7.28. The lowest BCUT2D eigenvalue weighted by molar-refractivity contribution is -0.126. The van der Waals surface area contributed by atoms with Crippen LogP contribution < -0.4 is 16.4 Å². The van der Waals surface area contributed by atoms with Gasteiger partial charge in [-0.25, -0.2) is 0 Å². The highest BCUT2D eigenvalue weighted by molar-refractivity contribution is 5.88. The average Bonchev–Trinajstić information content (AvgIpc) is 2.85. The standard InChI is InChI=1S/C14H19N3O3/c1-10(18)17-12-4-2-11(3-5-12)8-16-13(19)14(15)6-7-20-9-14/h2-5H,6-9,15H2,1H3,(H,16,19)(H,17,18). The van der Waals surface area contributed by atoms with E-state index in [1.54, 1.807) is 12.1 Å². The van der Waals surface area contributed by atoms with Crippen molar-refractivity contribution >= 4 is 17.5 Å². The summed E-state index contributed by atoms with van der Waals surface area (Å²) in [7, 11) is 0. The summed E-state index contributed by atoms with van der Waals surface area (Å²) < 4.78 is 5.16. The second-order valence-electron chi connectivity index (χ2n) is 5.02. The van der Waals surface area contributed by atoms with Crippen molar-refractivity contribution in [1.82, 2.24) is 5.32 Å². The molecular formula is C14H19N3O3. The highest BCUT2D eigenvalue weighted by Gasteiger charge is 2.37. The molecule has 2 rings (SSSR count). The Hall–Kier alpha value is -1.92. The van der Waals surface area contributed by atoms with E-state index in [9.17, 15) is 9.59 Å². The lowest BCUT2D eigenvalue weighted by atomic mass is 9.99. The number of nitrogens with two attached hydrogens (primary N) is 1. The summed E-state index contributed by atoms with van der Waals surface area (Å²) >= 11 is 0. The number of ether oxygens (including phenoxy) is 1. The van der Waals surface area contributed by atoms with Crippen molar-refractivity contribution in [3.05, 3.63) is 29.8 Å². The number of hydrogen-bond donors (Lipinski definition) is 3. The Morgan fingerprint density at radius 3 is 2.60 bits per heavy atom. The summed E-state index contributed by atoms with van der Waals surface area (Å²) in [5, 5.41) is 5.50. The predicted octanol–water partition coefficient (Wildman–Crippen LogP) is 0.379. The van der Waals surface area contributed by atoms with Crippen LogP contribution in [0, 0.1) is 0 Å².